The van der Waals surface area contributed by atoms with Crippen molar-refractivity contribution in [2.45, 2.75) is 6.42 Å². The molecule has 1 amide bonds. The van der Waals surface area contributed by atoms with Crippen LogP contribution < -0.4 is 5.32 Å². The van der Waals surface area contributed by atoms with Crippen molar-refractivity contribution in [3.05, 3.63) is 71.1 Å². The maximum absolute atomic E-state index is 12.2. The molecular weight excluding hydrogens is 306 g/mol. The van der Waals surface area contributed by atoms with Crippen molar-refractivity contribution < 1.29 is 4.79 Å². The molecule has 0 fully saturated rings. The molecule has 112 valence electrons. The minimum Gasteiger partial charge on any atom is -0.298 e. The molecule has 0 saturated carbocycles. The molecule has 0 aliphatic carbocycles. The normalized spacial score (nSPS) is 10.0. The Morgan fingerprint density at radius 3 is 2.57 bits per heavy atom. The van der Waals surface area contributed by atoms with Crippen LogP contribution in [0.25, 0.3) is 11.3 Å². The second-order valence-electron chi connectivity index (χ2n) is 4.89. The Morgan fingerprint density at radius 2 is 1.87 bits per heavy atom. The van der Waals surface area contributed by atoms with Gasteiger partial charge in [-0.2, -0.15) is 5.26 Å². The van der Waals surface area contributed by atoms with Gasteiger partial charge in [0.1, 0.15) is 0 Å². The van der Waals surface area contributed by atoms with Crippen LogP contribution in [0.15, 0.2) is 60.0 Å². The molecule has 1 aromatic heterocycles. The molecule has 2 aromatic carbocycles. The van der Waals surface area contributed by atoms with E-state index in [1.165, 1.54) is 11.3 Å². The Balaban J connectivity index is 1.71. The number of rotatable bonds is 4. The highest BCUT2D eigenvalue weighted by Crippen LogP contribution is 2.24. The zero-order valence-corrected chi connectivity index (χ0v) is 13.0. The van der Waals surface area contributed by atoms with Gasteiger partial charge in [-0.1, -0.05) is 42.5 Å². The average molecular weight is 319 g/mol. The topological polar surface area (TPSA) is 65.8 Å². The van der Waals surface area contributed by atoms with E-state index in [1.54, 1.807) is 24.3 Å². The third-order valence-electron chi connectivity index (χ3n) is 3.29. The number of carbonyl (C=O) groups is 1. The van der Waals surface area contributed by atoms with Gasteiger partial charge in [0.2, 0.25) is 0 Å². The summed E-state index contributed by atoms with van der Waals surface area (Å²) in [4.78, 5) is 16.7. The fourth-order valence-electron chi connectivity index (χ4n) is 2.11. The van der Waals surface area contributed by atoms with E-state index in [0.29, 0.717) is 17.1 Å². The predicted octanol–water partition coefficient (Wildman–Crippen LogP) is 4.13. The number of aromatic nitrogens is 1. The first-order valence-corrected chi connectivity index (χ1v) is 7.92. The van der Waals surface area contributed by atoms with Crippen LogP contribution >= 0.6 is 11.3 Å². The van der Waals surface area contributed by atoms with Crippen LogP contribution in [-0.2, 0) is 6.42 Å². The molecule has 3 rings (SSSR count). The van der Waals surface area contributed by atoms with Gasteiger partial charge in [0.25, 0.3) is 5.91 Å². The quantitative estimate of drug-likeness (QED) is 0.786. The number of amides is 1. The molecule has 0 unspecified atom stereocenters. The van der Waals surface area contributed by atoms with E-state index < -0.39 is 0 Å². The zero-order valence-electron chi connectivity index (χ0n) is 12.2. The average Bonchev–Trinajstić information content (AvgIpc) is 3.05. The second-order valence-corrected chi connectivity index (χ2v) is 5.75. The van der Waals surface area contributed by atoms with Crippen LogP contribution in [-0.4, -0.2) is 10.9 Å². The number of anilines is 1. The van der Waals surface area contributed by atoms with Gasteiger partial charge in [0.05, 0.1) is 18.2 Å². The summed E-state index contributed by atoms with van der Waals surface area (Å²) in [5.41, 5.74) is 3.30. The first-order chi connectivity index (χ1) is 11.3. The lowest BCUT2D eigenvalue weighted by atomic mass is 10.1. The Kier molecular flexibility index (Phi) is 4.46. The largest absolute Gasteiger partial charge is 0.298 e. The number of nitrogens with one attached hydrogen (secondary N) is 1. The molecule has 5 heteroatoms. The van der Waals surface area contributed by atoms with Crippen molar-refractivity contribution in [1.29, 1.82) is 5.26 Å². The standard InChI is InChI=1S/C18H13N3OS/c19-11-10-13-6-8-15(9-7-13)17(22)21-18-20-16(12-23-18)14-4-2-1-3-5-14/h1-9,12H,10H2,(H,20,21,22). The van der Waals surface area contributed by atoms with E-state index in [2.05, 4.69) is 16.4 Å². The van der Waals surface area contributed by atoms with Gasteiger partial charge >= 0.3 is 0 Å². The molecule has 0 aliphatic rings. The molecular formula is C18H13N3OS. The highest BCUT2D eigenvalue weighted by atomic mass is 32.1. The number of hydrogen-bond acceptors (Lipinski definition) is 4. The van der Waals surface area contributed by atoms with Crippen LogP contribution in [0.3, 0.4) is 0 Å². The fraction of sp³-hybridized carbons (Fsp3) is 0.0556. The second kappa shape index (κ2) is 6.86. The van der Waals surface area contributed by atoms with Gasteiger partial charge in [0, 0.05) is 16.5 Å². The highest BCUT2D eigenvalue weighted by Gasteiger charge is 2.10. The third kappa shape index (κ3) is 3.62. The smallest absolute Gasteiger partial charge is 0.257 e. The molecule has 0 spiro atoms. The van der Waals surface area contributed by atoms with Gasteiger partial charge < -0.3 is 0 Å². The first-order valence-electron chi connectivity index (χ1n) is 7.04. The molecule has 0 aliphatic heterocycles. The number of carbonyl (C=O) groups excluding carboxylic acids is 1. The SMILES string of the molecule is N#CCc1ccc(C(=O)Nc2nc(-c3ccccc3)cs2)cc1. The van der Waals surface area contributed by atoms with Gasteiger partial charge in [-0.25, -0.2) is 4.98 Å². The molecule has 0 atom stereocenters. The Bertz CT molecular complexity index is 848. The summed E-state index contributed by atoms with van der Waals surface area (Å²) in [5.74, 6) is -0.206. The van der Waals surface area contributed by atoms with E-state index >= 15 is 0 Å². The monoisotopic (exact) mass is 319 g/mol. The van der Waals surface area contributed by atoms with Crippen molar-refractivity contribution in [1.82, 2.24) is 4.98 Å². The van der Waals surface area contributed by atoms with E-state index in [-0.39, 0.29) is 5.91 Å². The van der Waals surface area contributed by atoms with Crippen molar-refractivity contribution in [2.75, 3.05) is 5.32 Å². The van der Waals surface area contributed by atoms with Gasteiger partial charge in [-0.3, -0.25) is 10.1 Å². The number of nitriles is 1. The molecule has 3 aromatic rings. The van der Waals surface area contributed by atoms with E-state index in [1.807, 2.05) is 35.7 Å². The summed E-state index contributed by atoms with van der Waals surface area (Å²) in [6.07, 6.45) is 0.342. The summed E-state index contributed by atoms with van der Waals surface area (Å²) >= 11 is 1.39. The maximum atomic E-state index is 12.2. The maximum Gasteiger partial charge on any atom is 0.257 e. The first kappa shape index (κ1) is 14.9. The van der Waals surface area contributed by atoms with Crippen LogP contribution in [0, 0.1) is 11.3 Å². The van der Waals surface area contributed by atoms with Crippen molar-refractivity contribution in [2.24, 2.45) is 0 Å². The fourth-order valence-corrected chi connectivity index (χ4v) is 2.82. The summed E-state index contributed by atoms with van der Waals surface area (Å²) < 4.78 is 0. The van der Waals surface area contributed by atoms with Crippen LogP contribution in [0.1, 0.15) is 15.9 Å². The molecule has 4 nitrogen and oxygen atoms in total. The summed E-state index contributed by atoms with van der Waals surface area (Å²) in [7, 11) is 0. The zero-order chi connectivity index (χ0) is 16.1. The lowest BCUT2D eigenvalue weighted by molar-refractivity contribution is 0.102. The molecule has 1 N–H and O–H groups in total. The molecule has 0 bridgehead atoms. The minimum absolute atomic E-state index is 0.206. The minimum atomic E-state index is -0.206. The number of thiazole rings is 1. The lowest BCUT2D eigenvalue weighted by Crippen LogP contribution is -2.11. The molecule has 0 saturated heterocycles. The number of benzene rings is 2. The van der Waals surface area contributed by atoms with E-state index in [0.717, 1.165) is 16.8 Å². The Morgan fingerprint density at radius 1 is 1.13 bits per heavy atom. The van der Waals surface area contributed by atoms with Gasteiger partial charge in [0.15, 0.2) is 5.13 Å². The van der Waals surface area contributed by atoms with E-state index in [9.17, 15) is 4.79 Å². The van der Waals surface area contributed by atoms with Crippen LogP contribution in [0.5, 0.6) is 0 Å². The summed E-state index contributed by atoms with van der Waals surface area (Å²) in [6.45, 7) is 0. The number of hydrogen-bond donors (Lipinski definition) is 1. The summed E-state index contributed by atoms with van der Waals surface area (Å²) in [6, 6.07) is 18.9. The van der Waals surface area contributed by atoms with Gasteiger partial charge in [-0.15, -0.1) is 11.3 Å². The number of nitrogens with zero attached hydrogens (tertiary/aromatic N) is 2. The van der Waals surface area contributed by atoms with Gasteiger partial charge in [-0.05, 0) is 17.7 Å². The van der Waals surface area contributed by atoms with E-state index in [4.69, 9.17) is 5.26 Å². The van der Waals surface area contributed by atoms with Crippen LogP contribution in [0.2, 0.25) is 0 Å². The molecule has 23 heavy (non-hydrogen) atoms. The third-order valence-corrected chi connectivity index (χ3v) is 4.05. The lowest BCUT2D eigenvalue weighted by Gasteiger charge is -2.02. The van der Waals surface area contributed by atoms with Crippen molar-refractivity contribution >= 4 is 22.4 Å². The van der Waals surface area contributed by atoms with Crippen molar-refractivity contribution in [3.8, 4) is 17.3 Å². The molecule has 0 radical (unpaired) electrons. The van der Waals surface area contributed by atoms with Crippen molar-refractivity contribution in [3.63, 3.8) is 0 Å². The Hall–Kier alpha value is -2.97. The predicted molar refractivity (Wildman–Crippen MR) is 91.3 cm³/mol. The Labute approximate surface area is 138 Å². The highest BCUT2D eigenvalue weighted by molar-refractivity contribution is 7.14. The molecule has 1 heterocycles. The summed E-state index contributed by atoms with van der Waals surface area (Å²) in [5, 5.41) is 13.9. The van der Waals surface area contributed by atoms with Crippen LogP contribution in [0.4, 0.5) is 5.13 Å².